The van der Waals surface area contributed by atoms with Gasteiger partial charge in [0.1, 0.15) is 11.8 Å². The Kier molecular flexibility index (Phi) is 5.05. The number of carbonyl (C=O) groups excluding carboxylic acids is 1. The Morgan fingerprint density at radius 3 is 2.79 bits per heavy atom. The number of carbonyl (C=O) groups is 1. The molecule has 0 bridgehead atoms. The van der Waals surface area contributed by atoms with Crippen molar-refractivity contribution in [3.05, 3.63) is 47.9 Å². The average molecular weight is 331 g/mol. The van der Waals surface area contributed by atoms with Crippen LogP contribution in [-0.4, -0.2) is 25.9 Å². The van der Waals surface area contributed by atoms with Gasteiger partial charge < -0.3 is 23.9 Å². The fourth-order valence-electron chi connectivity index (χ4n) is 2.39. The van der Waals surface area contributed by atoms with Crippen molar-refractivity contribution in [1.82, 2.24) is 5.32 Å². The molecule has 1 atom stereocenters. The van der Waals surface area contributed by atoms with E-state index in [0.717, 1.165) is 0 Å². The van der Waals surface area contributed by atoms with Gasteiger partial charge in [0.2, 0.25) is 6.79 Å². The van der Waals surface area contributed by atoms with Crippen LogP contribution in [0.1, 0.15) is 36.0 Å². The highest BCUT2D eigenvalue weighted by molar-refractivity contribution is 5.95. The van der Waals surface area contributed by atoms with Crippen molar-refractivity contribution in [3.8, 4) is 11.5 Å². The molecule has 0 saturated heterocycles. The van der Waals surface area contributed by atoms with Gasteiger partial charge in [-0.1, -0.05) is 13.8 Å². The number of hydrogen-bond acceptors (Lipinski definition) is 5. The molecular formula is C18H21NO5. The van der Waals surface area contributed by atoms with Gasteiger partial charge in [0.15, 0.2) is 11.5 Å². The van der Waals surface area contributed by atoms with E-state index in [1.807, 2.05) is 6.07 Å². The molecule has 1 aromatic carbocycles. The van der Waals surface area contributed by atoms with Gasteiger partial charge in [0, 0.05) is 12.2 Å². The second-order valence-corrected chi connectivity index (χ2v) is 6.04. The average Bonchev–Trinajstić information content (AvgIpc) is 3.24. The molecule has 24 heavy (non-hydrogen) atoms. The number of amides is 1. The normalized spacial score (nSPS) is 14.0. The molecule has 128 valence electrons. The third-order valence-electron chi connectivity index (χ3n) is 3.56. The number of nitrogens with one attached hydrogen (secondary N) is 1. The molecule has 3 rings (SSSR count). The Morgan fingerprint density at radius 1 is 1.21 bits per heavy atom. The highest BCUT2D eigenvalue weighted by atomic mass is 16.7. The van der Waals surface area contributed by atoms with Gasteiger partial charge >= 0.3 is 0 Å². The molecule has 0 unspecified atom stereocenters. The van der Waals surface area contributed by atoms with Crippen molar-refractivity contribution in [1.29, 1.82) is 0 Å². The zero-order chi connectivity index (χ0) is 16.9. The van der Waals surface area contributed by atoms with E-state index in [0.29, 0.717) is 42.0 Å². The quantitative estimate of drug-likeness (QED) is 0.844. The zero-order valence-electron chi connectivity index (χ0n) is 13.8. The molecule has 2 aromatic rings. The first-order valence-electron chi connectivity index (χ1n) is 7.95. The maximum Gasteiger partial charge on any atom is 0.252 e. The van der Waals surface area contributed by atoms with E-state index in [9.17, 15) is 4.79 Å². The van der Waals surface area contributed by atoms with Crippen LogP contribution in [-0.2, 0) is 4.74 Å². The monoisotopic (exact) mass is 331 g/mol. The van der Waals surface area contributed by atoms with E-state index >= 15 is 0 Å². The molecule has 1 aliphatic heterocycles. The van der Waals surface area contributed by atoms with Gasteiger partial charge in [-0.25, -0.2) is 0 Å². The summed E-state index contributed by atoms with van der Waals surface area (Å²) in [6.45, 7) is 5.30. The van der Waals surface area contributed by atoms with Gasteiger partial charge in [-0.05, 0) is 36.2 Å². The summed E-state index contributed by atoms with van der Waals surface area (Å²) in [7, 11) is 0. The minimum atomic E-state index is -0.350. The predicted molar refractivity (Wildman–Crippen MR) is 87.1 cm³/mol. The van der Waals surface area contributed by atoms with E-state index in [1.54, 1.807) is 30.5 Å². The van der Waals surface area contributed by atoms with Crippen LogP contribution in [0.4, 0.5) is 0 Å². The minimum absolute atomic E-state index is 0.179. The molecule has 0 aliphatic carbocycles. The van der Waals surface area contributed by atoms with Crippen LogP contribution in [0, 0.1) is 5.92 Å². The summed E-state index contributed by atoms with van der Waals surface area (Å²) in [5.41, 5.74) is 0.500. The second kappa shape index (κ2) is 7.40. The van der Waals surface area contributed by atoms with Crippen molar-refractivity contribution in [3.63, 3.8) is 0 Å². The van der Waals surface area contributed by atoms with Crippen LogP contribution in [0.3, 0.4) is 0 Å². The molecule has 2 heterocycles. The standard InChI is InChI=1S/C18H21NO5/c1-12(2)9-21-10-14(15-4-3-7-22-15)19-18(20)13-5-6-16-17(8-13)24-11-23-16/h3-8,12,14H,9-11H2,1-2H3,(H,19,20)/t14-/m1/s1. The van der Waals surface area contributed by atoms with Crippen LogP contribution in [0.25, 0.3) is 0 Å². The number of furan rings is 1. The summed E-state index contributed by atoms with van der Waals surface area (Å²) in [4.78, 5) is 12.5. The van der Waals surface area contributed by atoms with E-state index in [2.05, 4.69) is 19.2 Å². The van der Waals surface area contributed by atoms with Gasteiger partial charge in [-0.2, -0.15) is 0 Å². The lowest BCUT2D eigenvalue weighted by Crippen LogP contribution is -2.31. The van der Waals surface area contributed by atoms with Crippen LogP contribution < -0.4 is 14.8 Å². The molecule has 6 nitrogen and oxygen atoms in total. The molecule has 1 amide bonds. The Bertz CT molecular complexity index is 681. The summed E-state index contributed by atoms with van der Waals surface area (Å²) in [5.74, 6) is 2.09. The van der Waals surface area contributed by atoms with Crippen LogP contribution >= 0.6 is 0 Å². The highest BCUT2D eigenvalue weighted by Gasteiger charge is 2.21. The van der Waals surface area contributed by atoms with Gasteiger partial charge in [-0.3, -0.25) is 4.79 Å². The molecule has 0 fully saturated rings. The highest BCUT2D eigenvalue weighted by Crippen LogP contribution is 2.32. The van der Waals surface area contributed by atoms with Crippen molar-refractivity contribution < 1.29 is 23.4 Å². The number of fused-ring (bicyclic) bond motifs is 1. The lowest BCUT2D eigenvalue weighted by atomic mass is 10.1. The molecule has 1 aromatic heterocycles. The van der Waals surface area contributed by atoms with Crippen molar-refractivity contribution >= 4 is 5.91 Å². The SMILES string of the molecule is CC(C)COC[C@@H](NC(=O)c1ccc2c(c1)OCO2)c1ccco1. The molecular weight excluding hydrogens is 310 g/mol. The third kappa shape index (κ3) is 3.89. The Balaban J connectivity index is 1.68. The summed E-state index contributed by atoms with van der Waals surface area (Å²) in [5, 5.41) is 2.95. The summed E-state index contributed by atoms with van der Waals surface area (Å²) < 4.78 is 21.7. The lowest BCUT2D eigenvalue weighted by molar-refractivity contribution is 0.0730. The van der Waals surface area contributed by atoms with E-state index in [-0.39, 0.29) is 18.7 Å². The zero-order valence-corrected chi connectivity index (χ0v) is 13.8. The van der Waals surface area contributed by atoms with Crippen molar-refractivity contribution in [2.75, 3.05) is 20.0 Å². The molecule has 0 saturated carbocycles. The van der Waals surface area contributed by atoms with Gasteiger partial charge in [0.05, 0.1) is 12.9 Å². The Hall–Kier alpha value is -2.47. The van der Waals surface area contributed by atoms with Crippen molar-refractivity contribution in [2.45, 2.75) is 19.9 Å². The number of benzene rings is 1. The molecule has 6 heteroatoms. The lowest BCUT2D eigenvalue weighted by Gasteiger charge is -2.18. The molecule has 0 radical (unpaired) electrons. The fourth-order valence-corrected chi connectivity index (χ4v) is 2.39. The van der Waals surface area contributed by atoms with Crippen LogP contribution in [0.5, 0.6) is 11.5 Å². The van der Waals surface area contributed by atoms with Gasteiger partial charge in [0.25, 0.3) is 5.91 Å². The topological polar surface area (TPSA) is 69.9 Å². The van der Waals surface area contributed by atoms with Crippen LogP contribution in [0.2, 0.25) is 0 Å². The molecule has 0 spiro atoms. The van der Waals surface area contributed by atoms with E-state index in [1.165, 1.54) is 0 Å². The fraction of sp³-hybridized carbons (Fsp3) is 0.389. The maximum atomic E-state index is 12.5. The Morgan fingerprint density at radius 2 is 2.04 bits per heavy atom. The summed E-state index contributed by atoms with van der Waals surface area (Å²) in [6.07, 6.45) is 1.58. The van der Waals surface area contributed by atoms with E-state index < -0.39 is 0 Å². The summed E-state index contributed by atoms with van der Waals surface area (Å²) in [6, 6.07) is 8.37. The van der Waals surface area contributed by atoms with Crippen LogP contribution in [0.15, 0.2) is 41.0 Å². The largest absolute Gasteiger partial charge is 0.467 e. The first-order chi connectivity index (χ1) is 11.6. The third-order valence-corrected chi connectivity index (χ3v) is 3.56. The van der Waals surface area contributed by atoms with Crippen molar-refractivity contribution in [2.24, 2.45) is 5.92 Å². The van der Waals surface area contributed by atoms with Gasteiger partial charge in [-0.15, -0.1) is 0 Å². The first-order valence-corrected chi connectivity index (χ1v) is 7.95. The number of rotatable bonds is 7. The number of hydrogen-bond donors (Lipinski definition) is 1. The maximum absolute atomic E-state index is 12.5. The van der Waals surface area contributed by atoms with E-state index in [4.69, 9.17) is 18.6 Å². The predicted octanol–water partition coefficient (Wildman–Crippen LogP) is 3.15. The molecule has 1 N–H and O–H groups in total. The number of ether oxygens (including phenoxy) is 3. The first kappa shape index (κ1) is 16.4. The summed E-state index contributed by atoms with van der Waals surface area (Å²) >= 11 is 0. The smallest absolute Gasteiger partial charge is 0.252 e. The Labute approximate surface area is 140 Å². The molecule has 1 aliphatic rings. The minimum Gasteiger partial charge on any atom is -0.467 e. The second-order valence-electron chi connectivity index (χ2n) is 6.04.